The number of hydrogen-bond acceptors (Lipinski definition) is 3. The van der Waals surface area contributed by atoms with E-state index in [1.807, 2.05) is 24.3 Å². The summed E-state index contributed by atoms with van der Waals surface area (Å²) >= 11 is 9.10. The minimum absolute atomic E-state index is 0.127. The quantitative estimate of drug-likeness (QED) is 0.753. The van der Waals surface area contributed by atoms with Crippen molar-refractivity contribution in [1.82, 2.24) is 0 Å². The molecule has 0 aromatic heterocycles. The average molecular weight is 356 g/mol. The predicted molar refractivity (Wildman–Crippen MR) is 80.9 cm³/mol. The topological polar surface area (TPSA) is 35.5 Å². The molecule has 0 spiro atoms. The summed E-state index contributed by atoms with van der Waals surface area (Å²) < 4.78 is 11.4. The van der Waals surface area contributed by atoms with Crippen molar-refractivity contribution in [2.75, 3.05) is 6.61 Å². The van der Waals surface area contributed by atoms with Gasteiger partial charge in [-0.25, -0.2) is 4.79 Å². The maximum Gasteiger partial charge on any atom is 0.344 e. The molecule has 2 rings (SSSR count). The van der Waals surface area contributed by atoms with Crippen molar-refractivity contribution in [2.24, 2.45) is 0 Å². The summed E-state index contributed by atoms with van der Waals surface area (Å²) in [6.07, 6.45) is 0. The fraction of sp³-hybridized carbons (Fsp3) is 0.133. The van der Waals surface area contributed by atoms with Crippen LogP contribution in [0.3, 0.4) is 0 Å². The third-order valence-electron chi connectivity index (χ3n) is 2.48. The van der Waals surface area contributed by atoms with Crippen LogP contribution in [0.5, 0.6) is 5.75 Å². The molecule has 0 aliphatic carbocycles. The zero-order valence-corrected chi connectivity index (χ0v) is 12.9. The zero-order chi connectivity index (χ0) is 14.4. The monoisotopic (exact) mass is 354 g/mol. The minimum Gasteiger partial charge on any atom is -0.482 e. The van der Waals surface area contributed by atoms with E-state index in [-0.39, 0.29) is 13.2 Å². The van der Waals surface area contributed by atoms with E-state index in [0.717, 1.165) is 10.0 Å². The lowest BCUT2D eigenvalue weighted by Crippen LogP contribution is -2.14. The van der Waals surface area contributed by atoms with E-state index in [1.165, 1.54) is 0 Å². The van der Waals surface area contributed by atoms with E-state index in [9.17, 15) is 4.79 Å². The summed E-state index contributed by atoms with van der Waals surface area (Å²) in [5.74, 6) is 0.165. The van der Waals surface area contributed by atoms with Crippen LogP contribution >= 0.6 is 27.5 Å². The lowest BCUT2D eigenvalue weighted by atomic mass is 10.2. The Bertz CT molecular complexity index is 515. The maximum absolute atomic E-state index is 11.5. The van der Waals surface area contributed by atoms with Crippen LogP contribution in [0.2, 0.25) is 5.02 Å². The van der Waals surface area contributed by atoms with Gasteiger partial charge in [0.15, 0.2) is 6.61 Å². The predicted octanol–water partition coefficient (Wildman–Crippen LogP) is 4.22. The van der Waals surface area contributed by atoms with Crippen LogP contribution in [0.15, 0.2) is 53.0 Å². The third-order valence-corrected chi connectivity index (χ3v) is 3.26. The minimum atomic E-state index is -0.414. The molecule has 0 bridgehead atoms. The Morgan fingerprint density at radius 3 is 2.35 bits per heavy atom. The lowest BCUT2D eigenvalue weighted by molar-refractivity contribution is -0.147. The Kier molecular flexibility index (Phi) is 5.44. The molecule has 0 heterocycles. The van der Waals surface area contributed by atoms with Crippen LogP contribution in [0, 0.1) is 0 Å². The molecule has 0 amide bonds. The molecule has 5 heteroatoms. The normalized spacial score (nSPS) is 10.1. The second kappa shape index (κ2) is 7.31. The Hall–Kier alpha value is -1.52. The van der Waals surface area contributed by atoms with Crippen molar-refractivity contribution in [1.29, 1.82) is 0 Å². The Morgan fingerprint density at radius 1 is 1.05 bits per heavy atom. The summed E-state index contributed by atoms with van der Waals surface area (Å²) in [5, 5.41) is 0.621. The highest BCUT2D eigenvalue weighted by Gasteiger charge is 2.05. The van der Waals surface area contributed by atoms with Gasteiger partial charge in [0.25, 0.3) is 0 Å². The number of esters is 1. The SMILES string of the molecule is O=C(COc1ccc(Cl)cc1)OCc1ccc(Br)cc1. The van der Waals surface area contributed by atoms with E-state index in [0.29, 0.717) is 10.8 Å². The molecule has 104 valence electrons. The number of rotatable bonds is 5. The molecule has 0 aliphatic rings. The fourth-order valence-corrected chi connectivity index (χ4v) is 1.85. The molecule has 0 saturated heterocycles. The van der Waals surface area contributed by atoms with Crippen LogP contribution in [0.25, 0.3) is 0 Å². The smallest absolute Gasteiger partial charge is 0.344 e. The van der Waals surface area contributed by atoms with Gasteiger partial charge in [-0.1, -0.05) is 39.7 Å². The highest BCUT2D eigenvalue weighted by atomic mass is 79.9. The molecule has 0 N–H and O–H groups in total. The van der Waals surface area contributed by atoms with Gasteiger partial charge in [0.1, 0.15) is 12.4 Å². The molecule has 3 nitrogen and oxygen atoms in total. The van der Waals surface area contributed by atoms with Crippen LogP contribution < -0.4 is 4.74 Å². The Labute approximate surface area is 130 Å². The van der Waals surface area contributed by atoms with Gasteiger partial charge in [-0.15, -0.1) is 0 Å². The summed E-state index contributed by atoms with van der Waals surface area (Å²) in [6, 6.07) is 14.4. The summed E-state index contributed by atoms with van der Waals surface area (Å²) in [7, 11) is 0. The number of hydrogen-bond donors (Lipinski definition) is 0. The fourth-order valence-electron chi connectivity index (χ4n) is 1.46. The van der Waals surface area contributed by atoms with Crippen LogP contribution in [0.4, 0.5) is 0 Å². The van der Waals surface area contributed by atoms with Gasteiger partial charge in [0.05, 0.1) is 0 Å². The molecule has 20 heavy (non-hydrogen) atoms. The number of carbonyl (C=O) groups excluding carboxylic acids is 1. The van der Waals surface area contributed by atoms with E-state index in [2.05, 4.69) is 15.9 Å². The molecule has 0 saturated carbocycles. The highest BCUT2D eigenvalue weighted by Crippen LogP contribution is 2.15. The second-order valence-corrected chi connectivity index (χ2v) is 5.38. The molecular weight excluding hydrogens is 344 g/mol. The van der Waals surface area contributed by atoms with Crippen molar-refractivity contribution in [3.8, 4) is 5.75 Å². The molecule has 0 fully saturated rings. The van der Waals surface area contributed by atoms with Crippen molar-refractivity contribution in [3.63, 3.8) is 0 Å². The molecular formula is C15H12BrClO3. The van der Waals surface area contributed by atoms with Crippen molar-refractivity contribution >= 4 is 33.5 Å². The van der Waals surface area contributed by atoms with Crippen molar-refractivity contribution in [3.05, 3.63) is 63.6 Å². The first-order valence-corrected chi connectivity index (χ1v) is 7.09. The first-order valence-electron chi connectivity index (χ1n) is 5.92. The molecule has 0 radical (unpaired) electrons. The van der Waals surface area contributed by atoms with Gasteiger partial charge in [0.2, 0.25) is 0 Å². The summed E-state index contributed by atoms with van der Waals surface area (Å²) in [5.41, 5.74) is 0.924. The summed E-state index contributed by atoms with van der Waals surface area (Å²) in [6.45, 7) is 0.105. The van der Waals surface area contributed by atoms with Gasteiger partial charge >= 0.3 is 5.97 Å². The standard InChI is InChI=1S/C15H12BrClO3/c16-12-3-1-11(2-4-12)9-20-15(18)10-19-14-7-5-13(17)6-8-14/h1-8H,9-10H2. The van der Waals surface area contributed by atoms with Gasteiger partial charge in [-0.05, 0) is 42.0 Å². The number of ether oxygens (including phenoxy) is 2. The molecule has 2 aromatic carbocycles. The van der Waals surface area contributed by atoms with Gasteiger partial charge in [-0.3, -0.25) is 0 Å². The van der Waals surface area contributed by atoms with Crippen LogP contribution in [0.1, 0.15) is 5.56 Å². The largest absolute Gasteiger partial charge is 0.482 e. The molecule has 0 aliphatic heterocycles. The van der Waals surface area contributed by atoms with E-state index in [4.69, 9.17) is 21.1 Å². The number of carbonyl (C=O) groups is 1. The molecule has 2 aromatic rings. The first-order chi connectivity index (χ1) is 9.63. The van der Waals surface area contributed by atoms with E-state index >= 15 is 0 Å². The first kappa shape index (κ1) is 14.9. The highest BCUT2D eigenvalue weighted by molar-refractivity contribution is 9.10. The lowest BCUT2D eigenvalue weighted by Gasteiger charge is -2.07. The zero-order valence-electron chi connectivity index (χ0n) is 10.5. The Balaban J connectivity index is 1.75. The van der Waals surface area contributed by atoms with Gasteiger partial charge in [0, 0.05) is 9.50 Å². The average Bonchev–Trinajstić information content (AvgIpc) is 2.46. The van der Waals surface area contributed by atoms with Crippen LogP contribution in [-0.2, 0) is 16.1 Å². The van der Waals surface area contributed by atoms with E-state index < -0.39 is 5.97 Å². The molecule has 0 atom stereocenters. The van der Waals surface area contributed by atoms with Crippen LogP contribution in [-0.4, -0.2) is 12.6 Å². The number of benzene rings is 2. The van der Waals surface area contributed by atoms with Crippen molar-refractivity contribution < 1.29 is 14.3 Å². The summed E-state index contributed by atoms with van der Waals surface area (Å²) in [4.78, 5) is 11.5. The number of halogens is 2. The molecule has 0 unspecified atom stereocenters. The third kappa shape index (κ3) is 4.87. The van der Waals surface area contributed by atoms with E-state index in [1.54, 1.807) is 24.3 Å². The van der Waals surface area contributed by atoms with Crippen molar-refractivity contribution in [2.45, 2.75) is 6.61 Å². The maximum atomic E-state index is 11.5. The van der Waals surface area contributed by atoms with Gasteiger partial charge < -0.3 is 9.47 Å². The van der Waals surface area contributed by atoms with Gasteiger partial charge in [-0.2, -0.15) is 0 Å². The second-order valence-electron chi connectivity index (χ2n) is 4.03. The Morgan fingerprint density at radius 2 is 1.70 bits per heavy atom.